The van der Waals surface area contributed by atoms with Gasteiger partial charge < -0.3 is 9.84 Å². The van der Waals surface area contributed by atoms with E-state index >= 15 is 0 Å². The Hall–Kier alpha value is -3.25. The van der Waals surface area contributed by atoms with Crippen molar-refractivity contribution in [2.45, 2.75) is 6.92 Å². The summed E-state index contributed by atoms with van der Waals surface area (Å²) in [7, 11) is 0. The molecule has 0 saturated heterocycles. The lowest BCUT2D eigenvalue weighted by Crippen LogP contribution is -1.98. The number of halogens is 1. The Kier molecular flexibility index (Phi) is 4.33. The molecule has 0 aliphatic carbocycles. The molecule has 0 aliphatic heterocycles. The highest BCUT2D eigenvalue weighted by Crippen LogP contribution is 2.29. The maximum absolute atomic E-state index is 6.09. The number of hydrogen-bond acceptors (Lipinski definition) is 6. The fourth-order valence-corrected chi connectivity index (χ4v) is 2.60. The van der Waals surface area contributed by atoms with Crippen LogP contribution in [-0.2, 0) is 0 Å². The predicted octanol–water partition coefficient (Wildman–Crippen LogP) is 4.90. The lowest BCUT2D eigenvalue weighted by Gasteiger charge is -2.09. The van der Waals surface area contributed by atoms with Gasteiger partial charge in [-0.25, -0.2) is 9.97 Å². The van der Waals surface area contributed by atoms with Crippen LogP contribution >= 0.6 is 11.6 Å². The van der Waals surface area contributed by atoms with E-state index in [1.165, 1.54) is 6.33 Å². The second kappa shape index (κ2) is 6.93. The van der Waals surface area contributed by atoms with Crippen molar-refractivity contribution in [3.63, 3.8) is 0 Å². The zero-order valence-corrected chi connectivity index (χ0v) is 14.6. The summed E-state index contributed by atoms with van der Waals surface area (Å²) in [4.78, 5) is 12.8. The van der Waals surface area contributed by atoms with Gasteiger partial charge in [0, 0.05) is 22.5 Å². The summed E-state index contributed by atoms with van der Waals surface area (Å²) in [6, 6.07) is 15.3. The maximum atomic E-state index is 6.09. The van der Waals surface area contributed by atoms with E-state index < -0.39 is 0 Å². The number of nitrogens with one attached hydrogen (secondary N) is 1. The van der Waals surface area contributed by atoms with E-state index in [1.807, 2.05) is 55.5 Å². The zero-order valence-electron chi connectivity index (χ0n) is 13.8. The van der Waals surface area contributed by atoms with Gasteiger partial charge in [-0.05, 0) is 30.7 Å². The summed E-state index contributed by atoms with van der Waals surface area (Å²) in [6.45, 7) is 1.94. The lowest BCUT2D eigenvalue weighted by atomic mass is 10.2. The average Bonchev–Trinajstić information content (AvgIpc) is 3.16. The van der Waals surface area contributed by atoms with Crippen LogP contribution in [0.25, 0.3) is 22.8 Å². The average molecular weight is 364 g/mol. The lowest BCUT2D eigenvalue weighted by molar-refractivity contribution is 0.432. The second-order valence-electron chi connectivity index (χ2n) is 5.66. The van der Waals surface area contributed by atoms with E-state index in [0.717, 1.165) is 16.8 Å². The SMILES string of the molecule is Cc1cc(Nc2ncncc2-c2nc(-c3ccccc3)no2)ccc1Cl. The molecule has 0 saturated carbocycles. The standard InChI is InChI=1S/C19H14ClN5O/c1-12-9-14(7-8-16(12)20)23-18-15(10-21-11-22-18)19-24-17(25-26-19)13-5-3-2-4-6-13/h2-11H,1H3,(H,21,22,23). The van der Waals surface area contributed by atoms with Gasteiger partial charge in [-0.1, -0.05) is 47.1 Å². The molecule has 0 amide bonds. The highest BCUT2D eigenvalue weighted by atomic mass is 35.5. The summed E-state index contributed by atoms with van der Waals surface area (Å²) in [5, 5.41) is 8.01. The van der Waals surface area contributed by atoms with Crippen molar-refractivity contribution >= 4 is 23.1 Å². The molecule has 7 heteroatoms. The van der Waals surface area contributed by atoms with Crippen LogP contribution < -0.4 is 5.32 Å². The minimum absolute atomic E-state index is 0.345. The molecule has 26 heavy (non-hydrogen) atoms. The molecular weight excluding hydrogens is 350 g/mol. The van der Waals surface area contributed by atoms with Gasteiger partial charge in [-0.2, -0.15) is 4.98 Å². The molecular formula is C19H14ClN5O. The summed E-state index contributed by atoms with van der Waals surface area (Å²) >= 11 is 6.09. The number of benzene rings is 2. The normalized spacial score (nSPS) is 10.7. The van der Waals surface area contributed by atoms with Gasteiger partial charge in [0.25, 0.3) is 5.89 Å². The molecule has 0 atom stereocenters. The molecule has 0 unspecified atom stereocenters. The topological polar surface area (TPSA) is 76.7 Å². The van der Waals surface area contributed by atoms with Crippen molar-refractivity contribution in [2.75, 3.05) is 5.32 Å². The van der Waals surface area contributed by atoms with Crippen LogP contribution in [0.2, 0.25) is 5.02 Å². The van der Waals surface area contributed by atoms with E-state index in [9.17, 15) is 0 Å². The molecule has 0 aliphatic rings. The largest absolute Gasteiger partial charge is 0.339 e. The molecule has 0 bridgehead atoms. The number of aromatic nitrogens is 4. The summed E-state index contributed by atoms with van der Waals surface area (Å²) in [5.41, 5.74) is 3.32. The van der Waals surface area contributed by atoms with Crippen LogP contribution in [-0.4, -0.2) is 20.1 Å². The quantitative estimate of drug-likeness (QED) is 0.555. The van der Waals surface area contributed by atoms with E-state index in [2.05, 4.69) is 25.4 Å². The molecule has 128 valence electrons. The number of nitrogens with zero attached hydrogens (tertiary/aromatic N) is 4. The van der Waals surface area contributed by atoms with Crippen molar-refractivity contribution in [3.05, 3.63) is 71.6 Å². The van der Waals surface area contributed by atoms with Crippen LogP contribution in [0, 0.1) is 6.92 Å². The highest BCUT2D eigenvalue weighted by molar-refractivity contribution is 6.31. The van der Waals surface area contributed by atoms with Crippen LogP contribution in [0.3, 0.4) is 0 Å². The third kappa shape index (κ3) is 3.27. The van der Waals surface area contributed by atoms with E-state index in [4.69, 9.17) is 16.1 Å². The molecule has 2 aromatic heterocycles. The summed E-state index contributed by atoms with van der Waals surface area (Å²) in [6.07, 6.45) is 3.10. The molecule has 2 heterocycles. The molecule has 0 radical (unpaired) electrons. The molecule has 4 aromatic rings. The fraction of sp³-hybridized carbons (Fsp3) is 0.0526. The Morgan fingerprint density at radius 3 is 2.73 bits per heavy atom. The number of aryl methyl sites for hydroxylation is 1. The summed E-state index contributed by atoms with van der Waals surface area (Å²) in [5.74, 6) is 1.43. The minimum Gasteiger partial charge on any atom is -0.339 e. The van der Waals surface area contributed by atoms with E-state index in [1.54, 1.807) is 6.20 Å². The van der Waals surface area contributed by atoms with Gasteiger partial charge in [0.05, 0.1) is 0 Å². The first-order valence-electron chi connectivity index (χ1n) is 7.93. The molecule has 1 N–H and O–H groups in total. The Morgan fingerprint density at radius 1 is 1.08 bits per heavy atom. The second-order valence-corrected chi connectivity index (χ2v) is 6.07. The van der Waals surface area contributed by atoms with Gasteiger partial charge in [0.15, 0.2) is 0 Å². The maximum Gasteiger partial charge on any atom is 0.263 e. The smallest absolute Gasteiger partial charge is 0.263 e. The third-order valence-corrected chi connectivity index (χ3v) is 4.25. The van der Waals surface area contributed by atoms with Crippen molar-refractivity contribution in [1.82, 2.24) is 20.1 Å². The summed E-state index contributed by atoms with van der Waals surface area (Å²) < 4.78 is 5.42. The predicted molar refractivity (Wildman–Crippen MR) is 100 cm³/mol. The molecule has 0 fully saturated rings. The van der Waals surface area contributed by atoms with Crippen LogP contribution in [0.1, 0.15) is 5.56 Å². The first-order chi connectivity index (χ1) is 12.7. The minimum atomic E-state index is 0.345. The van der Waals surface area contributed by atoms with Crippen molar-refractivity contribution in [2.24, 2.45) is 0 Å². The zero-order chi connectivity index (χ0) is 17.9. The van der Waals surface area contributed by atoms with E-state index in [0.29, 0.717) is 28.1 Å². The van der Waals surface area contributed by atoms with Crippen molar-refractivity contribution < 1.29 is 4.52 Å². The number of anilines is 2. The van der Waals surface area contributed by atoms with Crippen LogP contribution in [0.5, 0.6) is 0 Å². The number of rotatable bonds is 4. The Bertz CT molecular complexity index is 1050. The first kappa shape index (κ1) is 16.2. The molecule has 4 rings (SSSR count). The number of hydrogen-bond donors (Lipinski definition) is 1. The molecule has 2 aromatic carbocycles. The Balaban J connectivity index is 1.68. The van der Waals surface area contributed by atoms with Gasteiger partial charge in [-0.3, -0.25) is 0 Å². The van der Waals surface area contributed by atoms with Crippen LogP contribution in [0.15, 0.2) is 65.6 Å². The van der Waals surface area contributed by atoms with Gasteiger partial charge >= 0.3 is 0 Å². The van der Waals surface area contributed by atoms with Gasteiger partial charge in [0.1, 0.15) is 17.7 Å². The van der Waals surface area contributed by atoms with E-state index in [-0.39, 0.29) is 0 Å². The Morgan fingerprint density at radius 2 is 1.92 bits per heavy atom. The molecule has 6 nitrogen and oxygen atoms in total. The van der Waals surface area contributed by atoms with Gasteiger partial charge in [0.2, 0.25) is 5.82 Å². The first-order valence-corrected chi connectivity index (χ1v) is 8.31. The molecule has 0 spiro atoms. The third-order valence-electron chi connectivity index (χ3n) is 3.82. The van der Waals surface area contributed by atoms with Crippen molar-refractivity contribution in [1.29, 1.82) is 0 Å². The highest BCUT2D eigenvalue weighted by Gasteiger charge is 2.15. The van der Waals surface area contributed by atoms with Crippen molar-refractivity contribution in [3.8, 4) is 22.8 Å². The fourth-order valence-electron chi connectivity index (χ4n) is 2.48. The van der Waals surface area contributed by atoms with Gasteiger partial charge in [-0.15, -0.1) is 0 Å². The Labute approximate surface area is 154 Å². The van der Waals surface area contributed by atoms with Crippen LogP contribution in [0.4, 0.5) is 11.5 Å². The monoisotopic (exact) mass is 363 g/mol.